The van der Waals surface area contributed by atoms with Gasteiger partial charge in [0.2, 0.25) is 0 Å². The molecule has 1 atom stereocenters. The number of thiophene rings is 1. The van der Waals surface area contributed by atoms with Crippen LogP contribution in [0.3, 0.4) is 0 Å². The molecule has 0 amide bonds. The number of benzene rings is 2. The van der Waals surface area contributed by atoms with E-state index in [9.17, 15) is 5.11 Å². The molecule has 130 valence electrons. The fourth-order valence-corrected chi connectivity index (χ4v) is 4.72. The van der Waals surface area contributed by atoms with Crippen LogP contribution >= 0.6 is 11.3 Å². The third kappa shape index (κ3) is 3.88. The highest BCUT2D eigenvalue weighted by Gasteiger charge is 2.22. The molecule has 1 saturated carbocycles. The molecular weight excluding hydrogens is 328 g/mol. The number of aliphatic hydroxyl groups is 1. The van der Waals surface area contributed by atoms with Crippen LogP contribution in [0.1, 0.15) is 48.6 Å². The van der Waals surface area contributed by atoms with Crippen molar-refractivity contribution in [2.24, 2.45) is 5.92 Å². The number of aliphatic hydroxyl groups excluding tert-OH is 1. The summed E-state index contributed by atoms with van der Waals surface area (Å²) in [4.78, 5) is 1.23. The molecule has 1 fully saturated rings. The SMILES string of the molecule is OC(c1ccc(OCc2cc3ccccc3s2)cc1)C1CCCCC1. The van der Waals surface area contributed by atoms with Crippen LogP contribution < -0.4 is 4.74 Å². The zero-order chi connectivity index (χ0) is 17.1. The lowest BCUT2D eigenvalue weighted by atomic mass is 9.83. The number of fused-ring (bicyclic) bond motifs is 1. The van der Waals surface area contributed by atoms with Crippen molar-refractivity contribution in [2.45, 2.75) is 44.8 Å². The molecule has 1 unspecified atom stereocenters. The second-order valence-corrected chi connectivity index (χ2v) is 8.12. The maximum absolute atomic E-state index is 10.6. The molecular formula is C22H24O2S. The first kappa shape index (κ1) is 16.6. The highest BCUT2D eigenvalue weighted by molar-refractivity contribution is 7.19. The van der Waals surface area contributed by atoms with E-state index in [1.807, 2.05) is 24.3 Å². The average molecular weight is 352 g/mol. The first-order valence-electron chi connectivity index (χ1n) is 9.18. The molecule has 1 aliphatic rings. The number of hydrogen-bond acceptors (Lipinski definition) is 3. The van der Waals surface area contributed by atoms with Crippen molar-refractivity contribution >= 4 is 21.4 Å². The first-order valence-corrected chi connectivity index (χ1v) is 9.99. The Morgan fingerprint density at radius 2 is 1.76 bits per heavy atom. The quantitative estimate of drug-likeness (QED) is 0.602. The number of ether oxygens (including phenoxy) is 1. The topological polar surface area (TPSA) is 29.5 Å². The van der Waals surface area contributed by atoms with Gasteiger partial charge in [0.25, 0.3) is 0 Å². The van der Waals surface area contributed by atoms with Gasteiger partial charge < -0.3 is 9.84 Å². The maximum atomic E-state index is 10.6. The Bertz CT molecular complexity index is 782. The molecule has 1 aromatic heterocycles. The van der Waals surface area contributed by atoms with Gasteiger partial charge in [0.1, 0.15) is 12.4 Å². The largest absolute Gasteiger partial charge is 0.488 e. The van der Waals surface area contributed by atoms with E-state index in [1.54, 1.807) is 11.3 Å². The van der Waals surface area contributed by atoms with Crippen molar-refractivity contribution in [1.82, 2.24) is 0 Å². The van der Waals surface area contributed by atoms with E-state index in [0.29, 0.717) is 12.5 Å². The minimum atomic E-state index is -0.336. The van der Waals surface area contributed by atoms with E-state index in [-0.39, 0.29) is 6.10 Å². The summed E-state index contributed by atoms with van der Waals surface area (Å²) < 4.78 is 7.23. The highest BCUT2D eigenvalue weighted by atomic mass is 32.1. The van der Waals surface area contributed by atoms with Crippen LogP contribution in [0.4, 0.5) is 0 Å². The summed E-state index contributed by atoms with van der Waals surface area (Å²) in [6, 6.07) is 18.6. The van der Waals surface area contributed by atoms with Crippen LogP contribution in [0.5, 0.6) is 5.75 Å². The third-order valence-electron chi connectivity index (χ3n) is 5.18. The van der Waals surface area contributed by atoms with Crippen LogP contribution in [0.25, 0.3) is 10.1 Å². The van der Waals surface area contributed by atoms with E-state index in [4.69, 9.17) is 4.74 Å². The van der Waals surface area contributed by atoms with Crippen LogP contribution in [0.15, 0.2) is 54.6 Å². The molecule has 25 heavy (non-hydrogen) atoms. The second kappa shape index (κ2) is 7.59. The van der Waals surface area contributed by atoms with Crippen LogP contribution in [-0.2, 0) is 6.61 Å². The zero-order valence-electron chi connectivity index (χ0n) is 14.4. The first-order chi connectivity index (χ1) is 12.3. The summed E-state index contributed by atoms with van der Waals surface area (Å²) in [5.41, 5.74) is 1.01. The molecule has 2 nitrogen and oxygen atoms in total. The van der Waals surface area contributed by atoms with E-state index in [0.717, 1.165) is 24.2 Å². The summed E-state index contributed by atoms with van der Waals surface area (Å²) in [6.07, 6.45) is 5.76. The Hall–Kier alpha value is -1.84. The fourth-order valence-electron chi connectivity index (χ4n) is 3.75. The van der Waals surface area contributed by atoms with E-state index in [1.165, 1.54) is 34.2 Å². The van der Waals surface area contributed by atoms with Gasteiger partial charge in [0.15, 0.2) is 0 Å². The molecule has 1 heterocycles. The van der Waals surface area contributed by atoms with Gasteiger partial charge in [-0.1, -0.05) is 49.6 Å². The van der Waals surface area contributed by atoms with Gasteiger partial charge in [0.05, 0.1) is 6.10 Å². The van der Waals surface area contributed by atoms with Gasteiger partial charge in [-0.05, 0) is 54.0 Å². The van der Waals surface area contributed by atoms with E-state index < -0.39 is 0 Å². The molecule has 0 spiro atoms. The van der Waals surface area contributed by atoms with Crippen molar-refractivity contribution < 1.29 is 9.84 Å². The van der Waals surface area contributed by atoms with Crippen molar-refractivity contribution in [3.8, 4) is 5.75 Å². The van der Waals surface area contributed by atoms with Crippen LogP contribution in [0.2, 0.25) is 0 Å². The van der Waals surface area contributed by atoms with Gasteiger partial charge in [-0.2, -0.15) is 0 Å². The molecule has 2 aromatic carbocycles. The van der Waals surface area contributed by atoms with Gasteiger partial charge in [0, 0.05) is 9.58 Å². The minimum absolute atomic E-state index is 0.336. The van der Waals surface area contributed by atoms with E-state index >= 15 is 0 Å². The van der Waals surface area contributed by atoms with Gasteiger partial charge in [-0.25, -0.2) is 0 Å². The predicted octanol–water partition coefficient (Wildman–Crippen LogP) is 6.09. The average Bonchev–Trinajstić information content (AvgIpc) is 3.10. The molecule has 0 bridgehead atoms. The Balaban J connectivity index is 1.38. The Labute approximate surface area is 153 Å². The summed E-state index contributed by atoms with van der Waals surface area (Å²) in [5.74, 6) is 1.27. The third-order valence-corrected chi connectivity index (χ3v) is 6.27. The zero-order valence-corrected chi connectivity index (χ0v) is 15.2. The van der Waals surface area contributed by atoms with Crippen LogP contribution in [0, 0.1) is 5.92 Å². The van der Waals surface area contributed by atoms with Crippen molar-refractivity contribution in [3.05, 3.63) is 65.0 Å². The summed E-state index contributed by atoms with van der Waals surface area (Å²) >= 11 is 1.78. The number of rotatable bonds is 5. The molecule has 0 saturated heterocycles. The monoisotopic (exact) mass is 352 g/mol. The van der Waals surface area contributed by atoms with Gasteiger partial charge >= 0.3 is 0 Å². The lowest BCUT2D eigenvalue weighted by molar-refractivity contribution is 0.0848. The molecule has 0 aliphatic heterocycles. The summed E-state index contributed by atoms with van der Waals surface area (Å²) in [6.45, 7) is 0.587. The van der Waals surface area contributed by atoms with Crippen molar-refractivity contribution in [2.75, 3.05) is 0 Å². The number of hydrogen-bond donors (Lipinski definition) is 1. The smallest absolute Gasteiger partial charge is 0.122 e. The Kier molecular flexibility index (Phi) is 5.04. The Morgan fingerprint density at radius 1 is 1.00 bits per heavy atom. The minimum Gasteiger partial charge on any atom is -0.488 e. The lowest BCUT2D eigenvalue weighted by Gasteiger charge is -2.26. The molecule has 1 aliphatic carbocycles. The Morgan fingerprint density at radius 3 is 2.52 bits per heavy atom. The lowest BCUT2D eigenvalue weighted by Crippen LogP contribution is -2.15. The molecule has 1 N–H and O–H groups in total. The second-order valence-electron chi connectivity index (χ2n) is 6.95. The fraction of sp³-hybridized carbons (Fsp3) is 0.364. The van der Waals surface area contributed by atoms with Crippen LogP contribution in [-0.4, -0.2) is 5.11 Å². The maximum Gasteiger partial charge on any atom is 0.122 e. The van der Waals surface area contributed by atoms with Gasteiger partial charge in [-0.15, -0.1) is 11.3 Å². The molecule has 0 radical (unpaired) electrons. The summed E-state index contributed by atoms with van der Waals surface area (Å²) in [7, 11) is 0. The predicted molar refractivity (Wildman–Crippen MR) is 104 cm³/mol. The van der Waals surface area contributed by atoms with E-state index in [2.05, 4.69) is 30.3 Å². The van der Waals surface area contributed by atoms with Crippen molar-refractivity contribution in [3.63, 3.8) is 0 Å². The van der Waals surface area contributed by atoms with Gasteiger partial charge in [-0.3, -0.25) is 0 Å². The molecule has 3 heteroatoms. The molecule has 4 rings (SSSR count). The standard InChI is InChI=1S/C22H24O2S/c23-22(16-6-2-1-3-7-16)17-10-12-19(13-11-17)24-15-20-14-18-8-4-5-9-21(18)25-20/h4-5,8-14,16,22-23H,1-3,6-7,15H2. The summed E-state index contributed by atoms with van der Waals surface area (Å²) in [5, 5.41) is 11.9. The molecule has 3 aromatic rings. The van der Waals surface area contributed by atoms with Crippen molar-refractivity contribution in [1.29, 1.82) is 0 Å². The normalized spacial score (nSPS) is 16.8. The highest BCUT2D eigenvalue weighted by Crippen LogP contribution is 2.35.